The molecule has 9 nitrogen and oxygen atoms in total. The smallest absolute Gasteiger partial charge is 0.252 e. The highest BCUT2D eigenvalue weighted by Gasteiger charge is 2.20. The van der Waals surface area contributed by atoms with Gasteiger partial charge in [0.2, 0.25) is 5.75 Å². The molecular formula is C14H15NO8-2. The van der Waals surface area contributed by atoms with Crippen molar-refractivity contribution in [3.05, 3.63) is 17.7 Å². The van der Waals surface area contributed by atoms with E-state index in [1.807, 2.05) is 5.32 Å². The van der Waals surface area contributed by atoms with Crippen molar-refractivity contribution in [1.82, 2.24) is 5.32 Å². The van der Waals surface area contributed by atoms with Gasteiger partial charge in [-0.15, -0.1) is 0 Å². The fourth-order valence-corrected chi connectivity index (χ4v) is 1.81. The van der Waals surface area contributed by atoms with Gasteiger partial charge in [-0.25, -0.2) is 0 Å². The molecule has 0 aliphatic heterocycles. The number of carboxylic acids is 2. The molecule has 0 fully saturated rings. The quantitative estimate of drug-likeness (QED) is 0.563. The van der Waals surface area contributed by atoms with Crippen LogP contribution in [0.5, 0.6) is 17.2 Å². The molecule has 1 aromatic carbocycles. The molecule has 126 valence electrons. The van der Waals surface area contributed by atoms with Crippen LogP contribution in [0.4, 0.5) is 0 Å². The second-order valence-electron chi connectivity index (χ2n) is 4.34. The number of carbonyl (C=O) groups excluding carboxylic acids is 3. The summed E-state index contributed by atoms with van der Waals surface area (Å²) in [6.45, 7) is 0. The monoisotopic (exact) mass is 325 g/mol. The van der Waals surface area contributed by atoms with Crippen molar-refractivity contribution in [2.45, 2.75) is 12.5 Å². The maximum Gasteiger partial charge on any atom is 0.252 e. The fraction of sp³-hybridized carbons (Fsp3) is 0.357. The lowest BCUT2D eigenvalue weighted by atomic mass is 10.1. The molecule has 0 aromatic heterocycles. The third-order valence-corrected chi connectivity index (χ3v) is 2.89. The predicted octanol–water partition coefficient (Wildman–Crippen LogP) is -2.30. The molecule has 1 aromatic rings. The van der Waals surface area contributed by atoms with E-state index in [0.29, 0.717) is 0 Å². The molecule has 0 saturated carbocycles. The van der Waals surface area contributed by atoms with Gasteiger partial charge in [-0.05, 0) is 12.1 Å². The van der Waals surface area contributed by atoms with E-state index in [-0.39, 0.29) is 22.8 Å². The molecule has 9 heteroatoms. The average molecular weight is 325 g/mol. The lowest BCUT2D eigenvalue weighted by Crippen LogP contribution is -2.50. The summed E-state index contributed by atoms with van der Waals surface area (Å²) in [5, 5.41) is 23.4. The van der Waals surface area contributed by atoms with E-state index in [2.05, 4.69) is 0 Å². The first kappa shape index (κ1) is 18.1. The first-order valence-corrected chi connectivity index (χ1v) is 6.35. The number of ether oxygens (including phenoxy) is 3. The van der Waals surface area contributed by atoms with Crippen molar-refractivity contribution in [1.29, 1.82) is 0 Å². The summed E-state index contributed by atoms with van der Waals surface area (Å²) in [5.74, 6) is -3.61. The van der Waals surface area contributed by atoms with E-state index in [0.717, 1.165) is 0 Å². The zero-order valence-electron chi connectivity index (χ0n) is 12.7. The van der Waals surface area contributed by atoms with E-state index >= 15 is 0 Å². The Balaban J connectivity index is 3.12. The average Bonchev–Trinajstić information content (AvgIpc) is 2.51. The highest BCUT2D eigenvalue weighted by Crippen LogP contribution is 2.38. The summed E-state index contributed by atoms with van der Waals surface area (Å²) in [5.41, 5.74) is -0.0101. The van der Waals surface area contributed by atoms with Gasteiger partial charge in [0.05, 0.1) is 33.3 Å². The molecule has 0 aliphatic rings. The van der Waals surface area contributed by atoms with E-state index in [9.17, 15) is 24.6 Å². The molecule has 23 heavy (non-hydrogen) atoms. The van der Waals surface area contributed by atoms with Gasteiger partial charge < -0.3 is 39.3 Å². The van der Waals surface area contributed by atoms with Crippen LogP contribution < -0.4 is 29.7 Å². The fourth-order valence-electron chi connectivity index (χ4n) is 1.81. The number of carbonyl (C=O) groups is 3. The Bertz CT molecular complexity index is 588. The largest absolute Gasteiger partial charge is 0.550 e. The van der Waals surface area contributed by atoms with Gasteiger partial charge in [0, 0.05) is 18.0 Å². The Labute approximate surface area is 131 Å². The topological polar surface area (TPSA) is 137 Å². The minimum Gasteiger partial charge on any atom is -0.550 e. The van der Waals surface area contributed by atoms with Crippen LogP contribution in [-0.4, -0.2) is 45.2 Å². The summed E-state index contributed by atoms with van der Waals surface area (Å²) < 4.78 is 15.2. The SMILES string of the molecule is COc1cc(C(=O)N[C@H](CC(=O)[O-])C(=O)[O-])cc(OC)c1OC. The molecule has 1 atom stereocenters. The number of aliphatic carboxylic acids is 2. The molecule has 0 spiro atoms. The van der Waals surface area contributed by atoms with Crippen LogP contribution in [0, 0.1) is 0 Å². The summed E-state index contributed by atoms with van der Waals surface area (Å²) in [6.07, 6.45) is -0.918. The van der Waals surface area contributed by atoms with Gasteiger partial charge >= 0.3 is 0 Å². The maximum atomic E-state index is 12.1. The van der Waals surface area contributed by atoms with Crippen LogP contribution in [0.3, 0.4) is 0 Å². The Kier molecular flexibility index (Phi) is 6.19. The van der Waals surface area contributed by atoms with Crippen molar-refractivity contribution in [2.75, 3.05) is 21.3 Å². The van der Waals surface area contributed by atoms with E-state index in [4.69, 9.17) is 14.2 Å². The van der Waals surface area contributed by atoms with Crippen molar-refractivity contribution in [3.63, 3.8) is 0 Å². The van der Waals surface area contributed by atoms with Gasteiger partial charge in [0.25, 0.3) is 5.91 Å². The molecule has 0 radical (unpaired) electrons. The zero-order chi connectivity index (χ0) is 17.6. The number of methoxy groups -OCH3 is 3. The molecule has 0 unspecified atom stereocenters. The number of hydrogen-bond acceptors (Lipinski definition) is 8. The van der Waals surface area contributed by atoms with E-state index in [1.54, 1.807) is 0 Å². The lowest BCUT2D eigenvalue weighted by Gasteiger charge is -2.20. The number of amides is 1. The first-order chi connectivity index (χ1) is 10.8. The Morgan fingerprint density at radius 1 is 1.04 bits per heavy atom. The van der Waals surface area contributed by atoms with Crippen LogP contribution >= 0.6 is 0 Å². The van der Waals surface area contributed by atoms with E-state index < -0.39 is 30.3 Å². The van der Waals surface area contributed by atoms with Crippen LogP contribution in [-0.2, 0) is 9.59 Å². The van der Waals surface area contributed by atoms with Gasteiger partial charge in [-0.1, -0.05) is 0 Å². The van der Waals surface area contributed by atoms with E-state index in [1.165, 1.54) is 33.5 Å². The van der Waals surface area contributed by atoms with Crippen molar-refractivity contribution < 1.29 is 38.8 Å². The number of hydrogen-bond donors (Lipinski definition) is 1. The molecule has 1 amide bonds. The van der Waals surface area contributed by atoms with Crippen LogP contribution in [0.2, 0.25) is 0 Å². The van der Waals surface area contributed by atoms with Gasteiger partial charge in [0.1, 0.15) is 0 Å². The second-order valence-corrected chi connectivity index (χ2v) is 4.34. The standard InChI is InChI=1S/C14H17NO8/c1-21-9-4-7(5-10(22-2)12(9)23-3)13(18)15-8(14(19)20)6-11(16)17/h4-5,8H,6H2,1-3H3,(H,15,18)(H,16,17)(H,19,20)/p-2/t8-/m1/s1. The van der Waals surface area contributed by atoms with Crippen LogP contribution in [0.25, 0.3) is 0 Å². The summed E-state index contributed by atoms with van der Waals surface area (Å²) in [6, 6.07) is 0.857. The Hall–Kier alpha value is -2.97. The predicted molar refractivity (Wildman–Crippen MR) is 72.0 cm³/mol. The number of benzene rings is 1. The summed E-state index contributed by atoms with van der Waals surface area (Å²) in [4.78, 5) is 33.5. The highest BCUT2D eigenvalue weighted by molar-refractivity contribution is 5.98. The maximum absolute atomic E-state index is 12.1. The van der Waals surface area contributed by atoms with Crippen molar-refractivity contribution in [3.8, 4) is 17.2 Å². The van der Waals surface area contributed by atoms with Crippen LogP contribution in [0.15, 0.2) is 12.1 Å². The molecular weight excluding hydrogens is 310 g/mol. The molecule has 0 bridgehead atoms. The summed E-state index contributed by atoms with van der Waals surface area (Å²) >= 11 is 0. The van der Waals surface area contributed by atoms with Gasteiger partial charge in [-0.3, -0.25) is 4.79 Å². The minimum absolute atomic E-state index is 0.0101. The first-order valence-electron chi connectivity index (χ1n) is 6.35. The normalized spacial score (nSPS) is 11.3. The second kappa shape index (κ2) is 7.87. The summed E-state index contributed by atoms with van der Waals surface area (Å²) in [7, 11) is 4.07. The number of rotatable bonds is 8. The molecule has 0 heterocycles. The zero-order valence-corrected chi connectivity index (χ0v) is 12.7. The van der Waals surface area contributed by atoms with Crippen molar-refractivity contribution >= 4 is 17.8 Å². The van der Waals surface area contributed by atoms with Gasteiger partial charge in [-0.2, -0.15) is 0 Å². The molecule has 0 aliphatic carbocycles. The third kappa shape index (κ3) is 4.50. The van der Waals surface area contributed by atoms with Gasteiger partial charge in [0.15, 0.2) is 11.5 Å². The minimum atomic E-state index is -1.74. The van der Waals surface area contributed by atoms with Crippen LogP contribution in [0.1, 0.15) is 16.8 Å². The highest BCUT2D eigenvalue weighted by atomic mass is 16.5. The molecule has 0 saturated heterocycles. The lowest BCUT2D eigenvalue weighted by molar-refractivity contribution is -0.317. The Morgan fingerprint density at radius 3 is 1.91 bits per heavy atom. The number of carboxylic acid groups (broad SMARTS) is 2. The molecule has 1 N–H and O–H groups in total. The third-order valence-electron chi connectivity index (χ3n) is 2.89. The Morgan fingerprint density at radius 2 is 1.57 bits per heavy atom. The molecule has 1 rings (SSSR count). The number of nitrogens with one attached hydrogen (secondary N) is 1. The van der Waals surface area contributed by atoms with Crippen molar-refractivity contribution in [2.24, 2.45) is 0 Å².